The van der Waals surface area contributed by atoms with E-state index < -0.39 is 21.6 Å². The molecule has 0 bridgehead atoms. The summed E-state index contributed by atoms with van der Waals surface area (Å²) in [7, 11) is -3.53. The summed E-state index contributed by atoms with van der Waals surface area (Å²) in [6.07, 6.45) is 2.55. The summed E-state index contributed by atoms with van der Waals surface area (Å²) in [6.45, 7) is 1.48. The van der Waals surface area contributed by atoms with E-state index in [1.54, 1.807) is 12.1 Å². The van der Waals surface area contributed by atoms with Crippen LogP contribution in [0.2, 0.25) is 5.02 Å². The monoisotopic (exact) mass is 528 g/mol. The van der Waals surface area contributed by atoms with Gasteiger partial charge in [-0.3, -0.25) is 9.59 Å². The summed E-state index contributed by atoms with van der Waals surface area (Å²) in [4.78, 5) is 29.8. The number of Topliss-reactive ketones (excluding diaryl/α,β-unsaturated/α-hetero) is 1. The topological polar surface area (TPSA) is 93.2 Å². The number of fused-ring (bicyclic) bond motifs is 1. The van der Waals surface area contributed by atoms with Crippen molar-refractivity contribution < 1.29 is 22.4 Å². The van der Waals surface area contributed by atoms with Crippen molar-refractivity contribution in [2.24, 2.45) is 5.92 Å². The van der Waals surface area contributed by atoms with Gasteiger partial charge in [-0.2, -0.15) is 0 Å². The average molecular weight is 529 g/mol. The molecule has 4 rings (SSSR count). The molecule has 0 saturated carbocycles. The van der Waals surface area contributed by atoms with E-state index in [2.05, 4.69) is 10.3 Å². The molecule has 188 valence electrons. The van der Waals surface area contributed by atoms with Crippen molar-refractivity contribution in [2.45, 2.75) is 43.9 Å². The van der Waals surface area contributed by atoms with Gasteiger partial charge in [-0.05, 0) is 73.2 Å². The van der Waals surface area contributed by atoms with Gasteiger partial charge in [-0.1, -0.05) is 36.7 Å². The van der Waals surface area contributed by atoms with Crippen LogP contribution in [-0.2, 0) is 33.9 Å². The molecule has 0 saturated heterocycles. The maximum absolute atomic E-state index is 14.4. The molecule has 0 aliphatic heterocycles. The summed E-state index contributed by atoms with van der Waals surface area (Å²) in [5, 5.41) is 3.33. The fraction of sp³-hybridized carbons (Fsp3) is 0.296. The zero-order valence-corrected chi connectivity index (χ0v) is 21.3. The number of ketones is 1. The van der Waals surface area contributed by atoms with Crippen molar-refractivity contribution in [3.8, 4) is 0 Å². The number of halogens is 2. The van der Waals surface area contributed by atoms with Crippen LogP contribution in [0, 0.1) is 11.7 Å². The summed E-state index contributed by atoms with van der Waals surface area (Å²) in [5.74, 6) is -1.12. The largest absolute Gasteiger partial charge is 0.310 e. The van der Waals surface area contributed by atoms with Crippen molar-refractivity contribution in [1.29, 1.82) is 0 Å². The number of aryl methyl sites for hydroxylation is 2. The molecule has 2 aromatic carbocycles. The molecule has 1 aliphatic carbocycles. The van der Waals surface area contributed by atoms with Crippen LogP contribution in [0.4, 0.5) is 10.2 Å². The Morgan fingerprint density at radius 2 is 1.89 bits per heavy atom. The van der Waals surface area contributed by atoms with Gasteiger partial charge in [0.2, 0.25) is 5.91 Å². The minimum atomic E-state index is -3.53. The second-order valence-electron chi connectivity index (χ2n) is 8.84. The molecule has 3 aromatic rings. The van der Waals surface area contributed by atoms with Gasteiger partial charge in [0.1, 0.15) is 11.6 Å². The summed E-state index contributed by atoms with van der Waals surface area (Å²) < 4.78 is 38.2. The fourth-order valence-corrected chi connectivity index (χ4v) is 5.32. The second-order valence-corrected chi connectivity index (χ2v) is 11.6. The molecule has 1 atom stereocenters. The smallest absolute Gasteiger partial charge is 0.230 e. The molecule has 6 nitrogen and oxygen atoms in total. The highest BCUT2D eigenvalue weighted by molar-refractivity contribution is 7.91. The summed E-state index contributed by atoms with van der Waals surface area (Å²) in [6, 6.07) is 14.4. The molecule has 1 aromatic heterocycles. The van der Waals surface area contributed by atoms with E-state index in [9.17, 15) is 22.4 Å². The van der Waals surface area contributed by atoms with Gasteiger partial charge in [-0.25, -0.2) is 17.8 Å². The van der Waals surface area contributed by atoms with Gasteiger partial charge in [0, 0.05) is 16.5 Å². The molecule has 1 amide bonds. The van der Waals surface area contributed by atoms with Crippen molar-refractivity contribution in [3.05, 3.63) is 87.8 Å². The Morgan fingerprint density at radius 1 is 1.14 bits per heavy atom. The van der Waals surface area contributed by atoms with Crippen molar-refractivity contribution in [2.75, 3.05) is 11.1 Å². The first-order valence-corrected chi connectivity index (χ1v) is 13.8. The first-order valence-electron chi connectivity index (χ1n) is 11.8. The second kappa shape index (κ2) is 10.9. The SMILES string of the molecule is CCS(=O)(=O)c1ccc(CC(=O)Nc2ccc3c(n2)CCC(CCc2ccc(Cl)cc2)C3=O)c(F)c1. The average Bonchev–Trinajstić information content (AvgIpc) is 2.85. The third-order valence-corrected chi connectivity index (χ3v) is 8.40. The van der Waals surface area contributed by atoms with Crippen LogP contribution in [0.3, 0.4) is 0 Å². The number of hydrogen-bond donors (Lipinski definition) is 1. The maximum atomic E-state index is 14.4. The third kappa shape index (κ3) is 5.99. The number of anilines is 1. The lowest BCUT2D eigenvalue weighted by Gasteiger charge is -2.23. The molecule has 0 radical (unpaired) electrons. The molecule has 0 spiro atoms. The molecule has 1 N–H and O–H groups in total. The van der Waals surface area contributed by atoms with Gasteiger partial charge in [0.05, 0.1) is 22.8 Å². The third-order valence-electron chi connectivity index (χ3n) is 6.42. The van der Waals surface area contributed by atoms with Gasteiger partial charge < -0.3 is 5.32 Å². The van der Waals surface area contributed by atoms with Crippen LogP contribution in [0.1, 0.15) is 46.9 Å². The van der Waals surface area contributed by atoms with Crippen molar-refractivity contribution in [3.63, 3.8) is 0 Å². The highest BCUT2D eigenvalue weighted by Gasteiger charge is 2.28. The van der Waals surface area contributed by atoms with Crippen LogP contribution in [0.15, 0.2) is 59.5 Å². The fourth-order valence-electron chi connectivity index (χ4n) is 4.31. The lowest BCUT2D eigenvalue weighted by Crippen LogP contribution is -2.25. The zero-order valence-electron chi connectivity index (χ0n) is 19.8. The Balaban J connectivity index is 1.38. The molecule has 9 heteroatoms. The Labute approximate surface area is 214 Å². The molecule has 1 unspecified atom stereocenters. The first kappa shape index (κ1) is 26.0. The van der Waals surface area contributed by atoms with E-state index in [4.69, 9.17) is 11.6 Å². The number of carbonyl (C=O) groups is 2. The van der Waals surface area contributed by atoms with Gasteiger partial charge in [0.25, 0.3) is 0 Å². The van der Waals surface area contributed by atoms with Crippen molar-refractivity contribution >= 4 is 38.9 Å². The predicted octanol–water partition coefficient (Wildman–Crippen LogP) is 5.23. The minimum Gasteiger partial charge on any atom is -0.310 e. The number of carbonyl (C=O) groups excluding carboxylic acids is 2. The summed E-state index contributed by atoms with van der Waals surface area (Å²) in [5.41, 5.74) is 2.42. The standard InChI is InChI=1S/C27H26ClFN2O4S/c1-2-36(34,35)21-11-7-19(23(29)16-21)15-26(32)31-25-14-12-22-24(30-25)13-8-18(27(22)33)6-3-17-4-9-20(28)10-5-17/h4-5,7,9-12,14,16,18H,2-3,6,8,13,15H2,1H3,(H,30,31,32). The Morgan fingerprint density at radius 3 is 2.58 bits per heavy atom. The number of nitrogens with zero attached hydrogens (tertiary/aromatic N) is 1. The molecule has 1 heterocycles. The summed E-state index contributed by atoms with van der Waals surface area (Å²) >= 11 is 5.93. The predicted molar refractivity (Wildman–Crippen MR) is 137 cm³/mol. The highest BCUT2D eigenvalue weighted by Crippen LogP contribution is 2.29. The van der Waals surface area contributed by atoms with E-state index in [1.165, 1.54) is 19.1 Å². The maximum Gasteiger partial charge on any atom is 0.230 e. The Kier molecular flexibility index (Phi) is 7.85. The Bertz CT molecular complexity index is 1410. The number of sulfone groups is 1. The van der Waals surface area contributed by atoms with E-state index in [0.29, 0.717) is 29.1 Å². The lowest BCUT2D eigenvalue weighted by atomic mass is 9.82. The quantitative estimate of drug-likeness (QED) is 0.432. The molecule has 0 fully saturated rings. The van der Waals surface area contributed by atoms with Crippen molar-refractivity contribution in [1.82, 2.24) is 4.98 Å². The van der Waals surface area contributed by atoms with E-state index >= 15 is 0 Å². The number of nitrogens with one attached hydrogen (secondary N) is 1. The van der Waals surface area contributed by atoms with Crippen LogP contribution >= 0.6 is 11.6 Å². The van der Waals surface area contributed by atoms with Gasteiger partial charge >= 0.3 is 0 Å². The number of amides is 1. The van der Waals surface area contributed by atoms with E-state index in [1.807, 2.05) is 24.3 Å². The minimum absolute atomic E-state index is 0.0554. The van der Waals surface area contributed by atoms with E-state index in [-0.39, 0.29) is 40.2 Å². The number of benzene rings is 2. The highest BCUT2D eigenvalue weighted by atomic mass is 35.5. The zero-order chi connectivity index (χ0) is 25.9. The van der Waals surface area contributed by atoms with E-state index in [0.717, 1.165) is 24.5 Å². The number of rotatable bonds is 8. The normalized spacial score (nSPS) is 15.4. The molecular weight excluding hydrogens is 503 g/mol. The lowest BCUT2D eigenvalue weighted by molar-refractivity contribution is -0.115. The first-order chi connectivity index (χ1) is 17.2. The van der Waals surface area contributed by atoms with Gasteiger partial charge in [-0.15, -0.1) is 0 Å². The Hall–Kier alpha value is -3.10. The van der Waals surface area contributed by atoms with Gasteiger partial charge in [0.15, 0.2) is 15.6 Å². The molecule has 36 heavy (non-hydrogen) atoms. The van der Waals surface area contributed by atoms with Crippen LogP contribution < -0.4 is 5.32 Å². The van der Waals surface area contributed by atoms with Crippen LogP contribution in [0.5, 0.6) is 0 Å². The van der Waals surface area contributed by atoms with Crippen LogP contribution in [-0.4, -0.2) is 30.8 Å². The molecule has 1 aliphatic rings. The van der Waals surface area contributed by atoms with Crippen LogP contribution in [0.25, 0.3) is 0 Å². The molecular formula is C27H26ClFN2O4S. The number of pyridine rings is 1. The number of aromatic nitrogens is 1. The number of hydrogen-bond acceptors (Lipinski definition) is 5.